The van der Waals surface area contributed by atoms with Crippen molar-refractivity contribution >= 4 is 21.3 Å². The molecule has 1 amide bonds. The molecule has 0 N–H and O–H groups in total. The quantitative estimate of drug-likeness (QED) is 0.625. The van der Waals surface area contributed by atoms with E-state index in [9.17, 15) is 13.2 Å². The minimum atomic E-state index is -3.55. The second kappa shape index (κ2) is 8.10. The summed E-state index contributed by atoms with van der Waals surface area (Å²) in [7, 11) is -1.89. The van der Waals surface area contributed by atoms with Crippen LogP contribution in [-0.2, 0) is 16.3 Å². The summed E-state index contributed by atoms with van der Waals surface area (Å²) in [5.74, 6) is 1.14. The molecule has 0 saturated carbocycles. The van der Waals surface area contributed by atoms with E-state index in [1.807, 2.05) is 12.1 Å². The maximum Gasteiger partial charge on any atom is 0.274 e. The first kappa shape index (κ1) is 20.4. The average molecular weight is 428 g/mol. The zero-order valence-electron chi connectivity index (χ0n) is 17.1. The number of fused-ring (bicyclic) bond motifs is 1. The molecule has 3 aromatic rings. The summed E-state index contributed by atoms with van der Waals surface area (Å²) in [4.78, 5) is 19.1. The Balaban J connectivity index is 1.47. The number of sulfone groups is 1. The number of ether oxygens (including phenoxy) is 1. The Kier molecular flexibility index (Phi) is 5.51. The second-order valence-electron chi connectivity index (χ2n) is 7.76. The zero-order chi connectivity index (χ0) is 21.3. The third-order valence-electron chi connectivity index (χ3n) is 5.64. The summed E-state index contributed by atoms with van der Waals surface area (Å²) in [5.41, 5.74) is 1.98. The van der Waals surface area contributed by atoms with Gasteiger partial charge in [-0.3, -0.25) is 9.20 Å². The van der Waals surface area contributed by atoms with Crippen LogP contribution in [0.15, 0.2) is 53.8 Å². The van der Waals surface area contributed by atoms with E-state index in [1.54, 1.807) is 36.4 Å². The molecule has 1 aliphatic rings. The molecule has 0 bridgehead atoms. The number of methoxy groups -OCH3 is 1. The van der Waals surface area contributed by atoms with Crippen molar-refractivity contribution in [3.63, 3.8) is 0 Å². The fourth-order valence-corrected chi connectivity index (χ4v) is 4.79. The Bertz CT molecular complexity index is 1160. The second-order valence-corrected chi connectivity index (χ2v) is 9.67. The van der Waals surface area contributed by atoms with Gasteiger partial charge in [0.1, 0.15) is 5.75 Å². The summed E-state index contributed by atoms with van der Waals surface area (Å²) < 4.78 is 30.9. The summed E-state index contributed by atoms with van der Waals surface area (Å²) >= 11 is 0. The van der Waals surface area contributed by atoms with Gasteiger partial charge in [0.2, 0.25) is 15.0 Å². The van der Waals surface area contributed by atoms with Gasteiger partial charge in [0, 0.05) is 25.5 Å². The van der Waals surface area contributed by atoms with Gasteiger partial charge in [0.15, 0.2) is 5.69 Å². The van der Waals surface area contributed by atoms with Gasteiger partial charge in [0.05, 0.1) is 12.6 Å². The molecule has 1 saturated heterocycles. The standard InChI is InChI=1S/C22H25N3O4S/c1-29-18-8-6-16(7-9-18)15-17-10-13-24(14-11-17)21(26)20-19-5-3-4-12-25(19)22(23-20)30(2,27)28/h3-9,12,17H,10-11,13-15H2,1-2H3. The van der Waals surface area contributed by atoms with Crippen molar-refractivity contribution in [1.29, 1.82) is 0 Å². The molecule has 7 nitrogen and oxygen atoms in total. The Labute approximate surface area is 176 Å². The topological polar surface area (TPSA) is 81.0 Å². The Morgan fingerprint density at radius 2 is 1.83 bits per heavy atom. The van der Waals surface area contributed by atoms with Gasteiger partial charge in [-0.05, 0) is 55.0 Å². The number of carbonyl (C=O) groups excluding carboxylic acids is 1. The molecule has 0 spiro atoms. The number of carbonyl (C=O) groups is 1. The lowest BCUT2D eigenvalue weighted by Crippen LogP contribution is -2.39. The lowest BCUT2D eigenvalue weighted by molar-refractivity contribution is 0.0687. The van der Waals surface area contributed by atoms with E-state index >= 15 is 0 Å². The lowest BCUT2D eigenvalue weighted by Gasteiger charge is -2.31. The van der Waals surface area contributed by atoms with Crippen molar-refractivity contribution in [3.05, 3.63) is 59.9 Å². The molecule has 8 heteroatoms. The SMILES string of the molecule is COc1ccc(CC2CCN(C(=O)c3nc(S(C)(=O)=O)n4ccccc34)CC2)cc1. The van der Waals surface area contributed by atoms with Crippen molar-refractivity contribution in [2.45, 2.75) is 24.4 Å². The first-order valence-corrected chi connectivity index (χ1v) is 11.9. The summed E-state index contributed by atoms with van der Waals surface area (Å²) in [5, 5.41) is -0.101. The predicted molar refractivity (Wildman–Crippen MR) is 114 cm³/mol. The lowest BCUT2D eigenvalue weighted by atomic mass is 9.90. The van der Waals surface area contributed by atoms with Crippen LogP contribution >= 0.6 is 0 Å². The number of hydrogen-bond acceptors (Lipinski definition) is 5. The molecule has 4 rings (SSSR count). The largest absolute Gasteiger partial charge is 0.497 e. The Morgan fingerprint density at radius 1 is 1.13 bits per heavy atom. The van der Waals surface area contributed by atoms with E-state index in [4.69, 9.17) is 4.74 Å². The van der Waals surface area contributed by atoms with E-state index in [2.05, 4.69) is 17.1 Å². The van der Waals surface area contributed by atoms with Gasteiger partial charge in [-0.2, -0.15) is 0 Å². The van der Waals surface area contributed by atoms with Crippen molar-refractivity contribution in [1.82, 2.24) is 14.3 Å². The fourth-order valence-electron chi connectivity index (χ4n) is 4.01. The molecule has 1 aromatic carbocycles. The van der Waals surface area contributed by atoms with Gasteiger partial charge in [0.25, 0.3) is 5.91 Å². The van der Waals surface area contributed by atoms with Crippen molar-refractivity contribution in [3.8, 4) is 5.75 Å². The first-order valence-electron chi connectivity index (χ1n) is 9.96. The van der Waals surface area contributed by atoms with Gasteiger partial charge < -0.3 is 9.64 Å². The minimum absolute atomic E-state index is 0.101. The van der Waals surface area contributed by atoms with Crippen LogP contribution < -0.4 is 4.74 Å². The maximum absolute atomic E-state index is 13.1. The number of aromatic nitrogens is 2. The molecule has 0 aliphatic carbocycles. The maximum atomic E-state index is 13.1. The van der Waals surface area contributed by atoms with Crippen LogP contribution in [0.1, 0.15) is 28.9 Å². The van der Waals surface area contributed by atoms with E-state index in [-0.39, 0.29) is 16.8 Å². The Hall–Kier alpha value is -2.87. The number of pyridine rings is 1. The molecule has 0 radical (unpaired) electrons. The van der Waals surface area contributed by atoms with Crippen LogP contribution in [0.4, 0.5) is 0 Å². The van der Waals surface area contributed by atoms with Crippen LogP contribution in [0.2, 0.25) is 0 Å². The van der Waals surface area contributed by atoms with E-state index in [0.29, 0.717) is 24.5 Å². The number of likely N-dealkylation sites (tertiary alicyclic amines) is 1. The van der Waals surface area contributed by atoms with Crippen molar-refractivity contribution in [2.75, 3.05) is 26.5 Å². The molecule has 30 heavy (non-hydrogen) atoms. The molecular weight excluding hydrogens is 402 g/mol. The number of nitrogens with zero attached hydrogens (tertiary/aromatic N) is 3. The van der Waals surface area contributed by atoms with E-state index in [0.717, 1.165) is 31.3 Å². The van der Waals surface area contributed by atoms with Gasteiger partial charge in [-0.1, -0.05) is 18.2 Å². The third kappa shape index (κ3) is 4.05. The van der Waals surface area contributed by atoms with Crippen LogP contribution in [-0.4, -0.2) is 55.1 Å². The number of hydrogen-bond donors (Lipinski definition) is 0. The molecule has 1 aliphatic heterocycles. The first-order chi connectivity index (χ1) is 14.4. The highest BCUT2D eigenvalue weighted by molar-refractivity contribution is 7.90. The minimum Gasteiger partial charge on any atom is -0.497 e. The summed E-state index contributed by atoms with van der Waals surface area (Å²) in [6, 6.07) is 13.3. The normalized spacial score (nSPS) is 15.5. The monoisotopic (exact) mass is 427 g/mol. The number of amides is 1. The van der Waals surface area contributed by atoms with Crippen LogP contribution in [0, 0.1) is 5.92 Å². The van der Waals surface area contributed by atoms with Crippen LogP contribution in [0.3, 0.4) is 0 Å². The highest BCUT2D eigenvalue weighted by atomic mass is 32.2. The van der Waals surface area contributed by atoms with Gasteiger partial charge >= 0.3 is 0 Å². The highest BCUT2D eigenvalue weighted by Crippen LogP contribution is 2.25. The van der Waals surface area contributed by atoms with Crippen molar-refractivity contribution in [2.24, 2.45) is 5.92 Å². The van der Waals surface area contributed by atoms with Crippen molar-refractivity contribution < 1.29 is 17.9 Å². The number of piperidine rings is 1. The average Bonchev–Trinajstić information content (AvgIpc) is 3.15. The molecule has 3 heterocycles. The van der Waals surface area contributed by atoms with Gasteiger partial charge in [-0.25, -0.2) is 13.4 Å². The van der Waals surface area contributed by atoms with Crippen LogP contribution in [0.25, 0.3) is 5.52 Å². The zero-order valence-corrected chi connectivity index (χ0v) is 17.9. The molecule has 1 fully saturated rings. The highest BCUT2D eigenvalue weighted by Gasteiger charge is 2.29. The molecule has 0 unspecified atom stereocenters. The molecule has 0 atom stereocenters. The predicted octanol–water partition coefficient (Wildman–Crippen LogP) is 2.84. The van der Waals surface area contributed by atoms with E-state index in [1.165, 1.54) is 9.96 Å². The summed E-state index contributed by atoms with van der Waals surface area (Å²) in [6.45, 7) is 1.28. The number of rotatable bonds is 5. The Morgan fingerprint density at radius 3 is 2.47 bits per heavy atom. The van der Waals surface area contributed by atoms with Crippen LogP contribution in [0.5, 0.6) is 5.75 Å². The fraction of sp³-hybridized carbons (Fsp3) is 0.364. The molecule has 158 valence electrons. The number of imidazole rings is 1. The van der Waals surface area contributed by atoms with E-state index < -0.39 is 9.84 Å². The third-order valence-corrected chi connectivity index (χ3v) is 6.59. The number of benzene rings is 1. The molecular formula is C22H25N3O4S. The van der Waals surface area contributed by atoms with Gasteiger partial charge in [-0.15, -0.1) is 0 Å². The molecule has 2 aromatic heterocycles. The smallest absolute Gasteiger partial charge is 0.274 e. The summed E-state index contributed by atoms with van der Waals surface area (Å²) in [6.07, 6.45) is 5.51.